The summed E-state index contributed by atoms with van der Waals surface area (Å²) >= 11 is 0. The number of benzene rings is 1. The monoisotopic (exact) mass is 297 g/mol. The van der Waals surface area contributed by atoms with E-state index in [0.717, 1.165) is 6.07 Å². The lowest BCUT2D eigenvalue weighted by atomic mass is 10.2. The largest absolute Gasteiger partial charge is 0.438 e. The van der Waals surface area contributed by atoms with E-state index in [-0.39, 0.29) is 23.0 Å². The molecule has 0 aliphatic rings. The molecular formula is C13H10F3N3O2. The van der Waals surface area contributed by atoms with Gasteiger partial charge in [0.1, 0.15) is 5.75 Å². The highest BCUT2D eigenvalue weighted by Crippen LogP contribution is 2.37. The van der Waals surface area contributed by atoms with Crippen LogP contribution in [0.15, 0.2) is 47.8 Å². The van der Waals surface area contributed by atoms with Gasteiger partial charge in [-0.3, -0.25) is 0 Å². The van der Waals surface area contributed by atoms with Gasteiger partial charge in [0.05, 0.1) is 5.56 Å². The number of para-hydroxylation sites is 1. The van der Waals surface area contributed by atoms with Crippen molar-refractivity contribution in [3.8, 4) is 11.6 Å². The normalized spacial score (nSPS) is 12.2. The van der Waals surface area contributed by atoms with Crippen LogP contribution in [0.1, 0.15) is 11.1 Å². The molecule has 5 nitrogen and oxygen atoms in total. The number of pyridine rings is 1. The lowest BCUT2D eigenvalue weighted by Gasteiger charge is -2.13. The fourth-order valence-corrected chi connectivity index (χ4v) is 1.58. The number of hydrogen-bond donors (Lipinski definition) is 2. The Morgan fingerprint density at radius 3 is 2.62 bits per heavy atom. The number of nitrogens with two attached hydrogens (primary N) is 1. The molecular weight excluding hydrogens is 287 g/mol. The number of aromatic nitrogens is 1. The first-order valence-corrected chi connectivity index (χ1v) is 5.70. The number of rotatable bonds is 3. The number of ether oxygens (including phenoxy) is 1. The van der Waals surface area contributed by atoms with E-state index in [9.17, 15) is 13.2 Å². The van der Waals surface area contributed by atoms with Gasteiger partial charge in [-0.15, -0.1) is 0 Å². The van der Waals surface area contributed by atoms with E-state index in [4.69, 9.17) is 15.7 Å². The molecule has 0 fully saturated rings. The summed E-state index contributed by atoms with van der Waals surface area (Å²) in [5.41, 5.74) is 4.75. The van der Waals surface area contributed by atoms with Gasteiger partial charge in [-0.1, -0.05) is 17.3 Å². The summed E-state index contributed by atoms with van der Waals surface area (Å²) in [6.07, 6.45) is -3.27. The zero-order valence-corrected chi connectivity index (χ0v) is 10.5. The fraction of sp³-hybridized carbons (Fsp3) is 0.0769. The molecule has 0 unspecified atom stereocenters. The molecule has 2 rings (SSSR count). The summed E-state index contributed by atoms with van der Waals surface area (Å²) in [5, 5.41) is 11.4. The van der Waals surface area contributed by atoms with E-state index in [1.165, 1.54) is 36.5 Å². The Morgan fingerprint density at radius 2 is 1.95 bits per heavy atom. The van der Waals surface area contributed by atoms with Crippen LogP contribution in [-0.4, -0.2) is 16.0 Å². The number of oxime groups is 1. The van der Waals surface area contributed by atoms with Gasteiger partial charge >= 0.3 is 6.18 Å². The summed E-state index contributed by atoms with van der Waals surface area (Å²) in [5.74, 6) is -0.684. The molecule has 0 bridgehead atoms. The van der Waals surface area contributed by atoms with Gasteiger partial charge in [-0.25, -0.2) is 4.98 Å². The maximum atomic E-state index is 12.8. The SMILES string of the molecule is N/C(=N\O)c1ccnc(Oc2ccccc2C(F)(F)F)c1. The maximum absolute atomic E-state index is 12.8. The molecule has 1 heterocycles. The second-order valence-electron chi connectivity index (χ2n) is 3.96. The highest BCUT2D eigenvalue weighted by molar-refractivity contribution is 5.97. The van der Waals surface area contributed by atoms with Gasteiger partial charge in [-0.2, -0.15) is 13.2 Å². The van der Waals surface area contributed by atoms with Crippen LogP contribution in [0.25, 0.3) is 0 Å². The van der Waals surface area contributed by atoms with Crippen molar-refractivity contribution in [1.82, 2.24) is 4.98 Å². The molecule has 21 heavy (non-hydrogen) atoms. The number of hydrogen-bond acceptors (Lipinski definition) is 4. The predicted octanol–water partition coefficient (Wildman–Crippen LogP) is 2.99. The molecule has 0 amide bonds. The second-order valence-corrected chi connectivity index (χ2v) is 3.96. The Kier molecular flexibility index (Phi) is 3.97. The summed E-state index contributed by atoms with van der Waals surface area (Å²) in [4.78, 5) is 3.79. The van der Waals surface area contributed by atoms with Crippen LogP contribution in [-0.2, 0) is 6.18 Å². The van der Waals surface area contributed by atoms with Gasteiger partial charge in [0.15, 0.2) is 5.84 Å². The highest BCUT2D eigenvalue weighted by atomic mass is 19.4. The minimum Gasteiger partial charge on any atom is -0.438 e. The average Bonchev–Trinajstić information content (AvgIpc) is 2.46. The van der Waals surface area contributed by atoms with Crippen molar-refractivity contribution in [3.63, 3.8) is 0 Å². The van der Waals surface area contributed by atoms with E-state index in [2.05, 4.69) is 10.1 Å². The van der Waals surface area contributed by atoms with Crippen molar-refractivity contribution in [2.24, 2.45) is 10.9 Å². The van der Waals surface area contributed by atoms with E-state index in [1.807, 2.05) is 0 Å². The van der Waals surface area contributed by atoms with Crippen LogP contribution in [0.2, 0.25) is 0 Å². The molecule has 110 valence electrons. The number of alkyl halides is 3. The topological polar surface area (TPSA) is 80.7 Å². The standard InChI is InChI=1S/C13H10F3N3O2/c14-13(15,16)9-3-1-2-4-10(9)21-11-7-8(5-6-18-11)12(17)19-20/h1-7,20H,(H2,17,19). The van der Waals surface area contributed by atoms with Crippen molar-refractivity contribution in [3.05, 3.63) is 53.7 Å². The summed E-state index contributed by atoms with van der Waals surface area (Å²) in [7, 11) is 0. The summed E-state index contributed by atoms with van der Waals surface area (Å²) < 4.78 is 43.7. The van der Waals surface area contributed by atoms with E-state index in [0.29, 0.717) is 0 Å². The molecule has 3 N–H and O–H groups in total. The first-order valence-electron chi connectivity index (χ1n) is 5.70. The Labute approximate surface area is 117 Å². The van der Waals surface area contributed by atoms with Crippen LogP contribution < -0.4 is 10.5 Å². The second kappa shape index (κ2) is 5.70. The molecule has 0 radical (unpaired) electrons. The van der Waals surface area contributed by atoms with Crippen molar-refractivity contribution in [1.29, 1.82) is 0 Å². The van der Waals surface area contributed by atoms with Crippen molar-refractivity contribution in [2.75, 3.05) is 0 Å². The van der Waals surface area contributed by atoms with Crippen molar-refractivity contribution >= 4 is 5.84 Å². The lowest BCUT2D eigenvalue weighted by molar-refractivity contribution is -0.138. The van der Waals surface area contributed by atoms with Gasteiger partial charge in [0.25, 0.3) is 0 Å². The quantitative estimate of drug-likeness (QED) is 0.395. The van der Waals surface area contributed by atoms with Gasteiger partial charge < -0.3 is 15.7 Å². The third-order valence-corrected chi connectivity index (χ3v) is 2.55. The molecule has 0 saturated carbocycles. The van der Waals surface area contributed by atoms with E-state index < -0.39 is 11.7 Å². The number of amidine groups is 1. The number of nitrogens with zero attached hydrogens (tertiary/aromatic N) is 2. The Bertz CT molecular complexity index is 672. The van der Waals surface area contributed by atoms with E-state index in [1.54, 1.807) is 0 Å². The number of halogens is 3. The molecule has 1 aromatic carbocycles. The smallest absolute Gasteiger partial charge is 0.419 e. The third-order valence-electron chi connectivity index (χ3n) is 2.55. The van der Waals surface area contributed by atoms with E-state index >= 15 is 0 Å². The van der Waals surface area contributed by atoms with Crippen molar-refractivity contribution in [2.45, 2.75) is 6.18 Å². The molecule has 0 atom stereocenters. The van der Waals surface area contributed by atoms with Crippen molar-refractivity contribution < 1.29 is 23.1 Å². The molecule has 8 heteroatoms. The third kappa shape index (κ3) is 3.41. The average molecular weight is 297 g/mol. The van der Waals surface area contributed by atoms with Crippen LogP contribution >= 0.6 is 0 Å². The molecule has 0 spiro atoms. The van der Waals surface area contributed by atoms with Crippen LogP contribution in [0.3, 0.4) is 0 Å². The van der Waals surface area contributed by atoms with Gasteiger partial charge in [-0.05, 0) is 18.2 Å². The molecule has 1 aromatic heterocycles. The van der Waals surface area contributed by atoms with Crippen LogP contribution in [0.4, 0.5) is 13.2 Å². The molecule has 0 aliphatic heterocycles. The summed E-state index contributed by atoms with van der Waals surface area (Å²) in [6.45, 7) is 0. The van der Waals surface area contributed by atoms with Crippen LogP contribution in [0.5, 0.6) is 11.6 Å². The zero-order chi connectivity index (χ0) is 15.5. The maximum Gasteiger partial charge on any atom is 0.419 e. The predicted molar refractivity (Wildman–Crippen MR) is 68.3 cm³/mol. The molecule has 0 saturated heterocycles. The van der Waals surface area contributed by atoms with Gasteiger partial charge in [0, 0.05) is 17.8 Å². The summed E-state index contributed by atoms with van der Waals surface area (Å²) in [6, 6.07) is 7.46. The first kappa shape index (κ1) is 14.6. The van der Waals surface area contributed by atoms with Crippen LogP contribution in [0, 0.1) is 0 Å². The minimum absolute atomic E-state index is 0.101. The Hall–Kier alpha value is -2.77. The Morgan fingerprint density at radius 1 is 1.24 bits per heavy atom. The molecule has 0 aliphatic carbocycles. The zero-order valence-electron chi connectivity index (χ0n) is 10.5. The van der Waals surface area contributed by atoms with Gasteiger partial charge in [0.2, 0.25) is 5.88 Å². The Balaban J connectivity index is 2.35. The minimum atomic E-state index is -4.54. The molecule has 2 aromatic rings. The highest BCUT2D eigenvalue weighted by Gasteiger charge is 2.34. The lowest BCUT2D eigenvalue weighted by Crippen LogP contribution is -2.13. The first-order chi connectivity index (χ1) is 9.91. The fourth-order valence-electron chi connectivity index (χ4n) is 1.58.